The Morgan fingerprint density at radius 2 is 2.22 bits per heavy atom. The Morgan fingerprint density at radius 1 is 1.56 bits per heavy atom. The first-order chi connectivity index (χ1) is 8.40. The number of carboxylic acid groups (broad SMARTS) is 1. The molecule has 7 heteroatoms. The van der Waals surface area contributed by atoms with Gasteiger partial charge in [0, 0.05) is 6.07 Å². The highest BCUT2D eigenvalue weighted by Gasteiger charge is 2.14. The van der Waals surface area contributed by atoms with Gasteiger partial charge in [-0.05, 0) is 19.1 Å². The van der Waals surface area contributed by atoms with E-state index >= 15 is 0 Å². The SMILES string of the molecule is C[C@H](NC(=O)COc1ccc(F)c(Cl)c1)C(=O)O. The molecule has 2 N–H and O–H groups in total. The van der Waals surface area contributed by atoms with Crippen LogP contribution in [0.15, 0.2) is 18.2 Å². The van der Waals surface area contributed by atoms with E-state index in [0.717, 1.165) is 6.07 Å². The second-order valence-corrected chi connectivity index (χ2v) is 3.90. The fourth-order valence-corrected chi connectivity index (χ4v) is 1.23. The molecule has 0 spiro atoms. The highest BCUT2D eigenvalue weighted by molar-refractivity contribution is 6.30. The van der Waals surface area contributed by atoms with Crippen LogP contribution in [-0.4, -0.2) is 29.6 Å². The van der Waals surface area contributed by atoms with Gasteiger partial charge >= 0.3 is 5.97 Å². The molecular weight excluding hydrogens is 265 g/mol. The molecule has 0 aliphatic heterocycles. The zero-order valence-electron chi connectivity index (χ0n) is 9.44. The number of carbonyl (C=O) groups excluding carboxylic acids is 1. The monoisotopic (exact) mass is 275 g/mol. The largest absolute Gasteiger partial charge is 0.484 e. The quantitative estimate of drug-likeness (QED) is 0.853. The van der Waals surface area contributed by atoms with Crippen molar-refractivity contribution < 1.29 is 23.8 Å². The number of halogens is 2. The third kappa shape index (κ3) is 4.21. The first kappa shape index (κ1) is 14.2. The van der Waals surface area contributed by atoms with E-state index in [0.29, 0.717) is 0 Å². The van der Waals surface area contributed by atoms with Crippen molar-refractivity contribution in [2.45, 2.75) is 13.0 Å². The minimum absolute atomic E-state index is 0.119. The molecule has 0 saturated carbocycles. The van der Waals surface area contributed by atoms with E-state index in [1.165, 1.54) is 19.1 Å². The van der Waals surface area contributed by atoms with Crippen molar-refractivity contribution in [3.63, 3.8) is 0 Å². The summed E-state index contributed by atoms with van der Waals surface area (Å²) in [5.41, 5.74) is 0. The molecule has 1 atom stereocenters. The van der Waals surface area contributed by atoms with Crippen LogP contribution < -0.4 is 10.1 Å². The standard InChI is InChI=1S/C11H11ClFNO4/c1-6(11(16)17)14-10(15)5-18-7-2-3-9(13)8(12)4-7/h2-4,6H,5H2,1H3,(H,14,15)(H,16,17)/t6-/m0/s1. The number of benzene rings is 1. The fraction of sp³-hybridized carbons (Fsp3) is 0.273. The van der Waals surface area contributed by atoms with Gasteiger partial charge in [-0.15, -0.1) is 0 Å². The minimum atomic E-state index is -1.15. The van der Waals surface area contributed by atoms with Crippen molar-refractivity contribution in [2.24, 2.45) is 0 Å². The minimum Gasteiger partial charge on any atom is -0.484 e. The number of ether oxygens (including phenoxy) is 1. The smallest absolute Gasteiger partial charge is 0.325 e. The molecule has 1 rings (SSSR count). The predicted octanol–water partition coefficient (Wildman–Crippen LogP) is 1.45. The molecule has 0 radical (unpaired) electrons. The summed E-state index contributed by atoms with van der Waals surface area (Å²) in [6.45, 7) is 0.953. The molecule has 0 heterocycles. The Hall–Kier alpha value is -1.82. The zero-order chi connectivity index (χ0) is 13.7. The topological polar surface area (TPSA) is 75.6 Å². The molecule has 5 nitrogen and oxygen atoms in total. The van der Waals surface area contributed by atoms with Crippen molar-refractivity contribution in [2.75, 3.05) is 6.61 Å². The average Bonchev–Trinajstić information content (AvgIpc) is 2.30. The van der Waals surface area contributed by atoms with Crippen LogP contribution in [0.1, 0.15) is 6.92 Å². The molecule has 98 valence electrons. The van der Waals surface area contributed by atoms with E-state index in [-0.39, 0.29) is 17.4 Å². The van der Waals surface area contributed by atoms with Gasteiger partial charge in [0.05, 0.1) is 5.02 Å². The number of carbonyl (C=O) groups is 2. The molecule has 0 aliphatic rings. The van der Waals surface area contributed by atoms with E-state index in [1.807, 2.05) is 0 Å². The van der Waals surface area contributed by atoms with E-state index in [4.69, 9.17) is 21.4 Å². The predicted molar refractivity (Wildman–Crippen MR) is 62.1 cm³/mol. The van der Waals surface area contributed by atoms with Crippen LogP contribution in [0.3, 0.4) is 0 Å². The molecule has 0 aliphatic carbocycles. The van der Waals surface area contributed by atoms with Gasteiger partial charge in [-0.25, -0.2) is 4.39 Å². The van der Waals surface area contributed by atoms with Crippen LogP contribution >= 0.6 is 11.6 Å². The molecule has 0 unspecified atom stereocenters. The van der Waals surface area contributed by atoms with Gasteiger partial charge < -0.3 is 15.2 Å². The van der Waals surface area contributed by atoms with Crippen molar-refractivity contribution in [1.82, 2.24) is 5.32 Å². The third-order valence-corrected chi connectivity index (χ3v) is 2.30. The maximum absolute atomic E-state index is 12.8. The van der Waals surface area contributed by atoms with E-state index in [1.54, 1.807) is 0 Å². The Morgan fingerprint density at radius 3 is 2.78 bits per heavy atom. The van der Waals surface area contributed by atoms with Crippen LogP contribution in [0.5, 0.6) is 5.75 Å². The Bertz CT molecular complexity index is 466. The summed E-state index contributed by atoms with van der Waals surface area (Å²) in [5.74, 6) is -2.11. The highest BCUT2D eigenvalue weighted by Crippen LogP contribution is 2.20. The number of hydrogen-bond acceptors (Lipinski definition) is 3. The number of carboxylic acids is 1. The fourth-order valence-electron chi connectivity index (χ4n) is 1.06. The lowest BCUT2D eigenvalue weighted by atomic mass is 10.3. The molecule has 1 aromatic carbocycles. The van der Waals surface area contributed by atoms with Crippen LogP contribution in [-0.2, 0) is 9.59 Å². The Kier molecular flexibility index (Phi) is 4.91. The highest BCUT2D eigenvalue weighted by atomic mass is 35.5. The lowest BCUT2D eigenvalue weighted by molar-refractivity contribution is -0.141. The van der Waals surface area contributed by atoms with Crippen LogP contribution in [0, 0.1) is 5.82 Å². The molecular formula is C11H11ClFNO4. The zero-order valence-corrected chi connectivity index (χ0v) is 10.2. The lowest BCUT2D eigenvalue weighted by Crippen LogP contribution is -2.40. The van der Waals surface area contributed by atoms with Gasteiger partial charge in [0.15, 0.2) is 6.61 Å². The molecule has 0 bridgehead atoms. The summed E-state index contributed by atoms with van der Waals surface area (Å²) in [4.78, 5) is 21.8. The van der Waals surface area contributed by atoms with Crippen molar-refractivity contribution in [3.05, 3.63) is 29.0 Å². The van der Waals surface area contributed by atoms with Crippen LogP contribution in [0.25, 0.3) is 0 Å². The Balaban J connectivity index is 2.47. The summed E-state index contributed by atoms with van der Waals surface area (Å²) in [6.07, 6.45) is 0. The summed E-state index contributed by atoms with van der Waals surface area (Å²) < 4.78 is 17.9. The summed E-state index contributed by atoms with van der Waals surface area (Å²) in [6, 6.07) is 2.65. The van der Waals surface area contributed by atoms with Gasteiger partial charge in [-0.2, -0.15) is 0 Å². The van der Waals surface area contributed by atoms with Crippen molar-refractivity contribution in [1.29, 1.82) is 0 Å². The number of rotatable bonds is 5. The van der Waals surface area contributed by atoms with Crippen molar-refractivity contribution >= 4 is 23.5 Å². The molecule has 1 amide bonds. The van der Waals surface area contributed by atoms with E-state index in [9.17, 15) is 14.0 Å². The van der Waals surface area contributed by atoms with Gasteiger partial charge in [0.1, 0.15) is 17.6 Å². The molecule has 0 fully saturated rings. The first-order valence-electron chi connectivity index (χ1n) is 5.00. The molecule has 18 heavy (non-hydrogen) atoms. The molecule has 1 aromatic rings. The normalized spacial score (nSPS) is 11.7. The van der Waals surface area contributed by atoms with E-state index in [2.05, 4.69) is 5.32 Å². The lowest BCUT2D eigenvalue weighted by Gasteiger charge is -2.10. The molecule has 0 saturated heterocycles. The van der Waals surface area contributed by atoms with Gasteiger partial charge in [0.2, 0.25) is 0 Å². The van der Waals surface area contributed by atoms with Crippen LogP contribution in [0.2, 0.25) is 5.02 Å². The summed E-state index contributed by atoms with van der Waals surface area (Å²) in [5, 5.41) is 10.7. The van der Waals surface area contributed by atoms with E-state index < -0.39 is 23.7 Å². The number of nitrogens with one attached hydrogen (secondary N) is 1. The van der Waals surface area contributed by atoms with Gasteiger partial charge in [-0.1, -0.05) is 11.6 Å². The number of hydrogen-bond donors (Lipinski definition) is 2. The molecule has 0 aromatic heterocycles. The van der Waals surface area contributed by atoms with Gasteiger partial charge in [-0.3, -0.25) is 9.59 Å². The summed E-state index contributed by atoms with van der Waals surface area (Å²) >= 11 is 5.52. The first-order valence-corrected chi connectivity index (χ1v) is 5.38. The van der Waals surface area contributed by atoms with Crippen molar-refractivity contribution in [3.8, 4) is 5.75 Å². The Labute approximate surface area is 108 Å². The third-order valence-electron chi connectivity index (χ3n) is 2.01. The summed E-state index contributed by atoms with van der Waals surface area (Å²) in [7, 11) is 0. The maximum atomic E-state index is 12.8. The second-order valence-electron chi connectivity index (χ2n) is 3.49. The number of amides is 1. The van der Waals surface area contributed by atoms with Gasteiger partial charge in [0.25, 0.3) is 5.91 Å². The average molecular weight is 276 g/mol. The van der Waals surface area contributed by atoms with Crippen LogP contribution in [0.4, 0.5) is 4.39 Å². The second kappa shape index (κ2) is 6.20. The number of aliphatic carboxylic acids is 1. The maximum Gasteiger partial charge on any atom is 0.325 e.